The predicted octanol–water partition coefficient (Wildman–Crippen LogP) is 2.44. The third kappa shape index (κ3) is 3.48. The number of amides is 1. The number of carbonyl (C=O) groups excluding carboxylic acids is 1. The molecule has 0 atom stereocenters. The highest BCUT2D eigenvalue weighted by atomic mass is 16.5. The number of ether oxygens (including phenoxy) is 3. The number of fused-ring (bicyclic) bond motifs is 2. The molecule has 0 bridgehead atoms. The summed E-state index contributed by atoms with van der Waals surface area (Å²) in [6.07, 6.45) is 5.25. The minimum Gasteiger partial charge on any atom is -0.497 e. The average molecular weight is 460 g/mol. The van der Waals surface area contributed by atoms with E-state index in [2.05, 4.69) is 25.9 Å². The van der Waals surface area contributed by atoms with E-state index in [1.807, 2.05) is 23.1 Å². The van der Waals surface area contributed by atoms with Crippen molar-refractivity contribution < 1.29 is 19.0 Å². The molecular formula is C25H25N5O4. The first-order valence-electron chi connectivity index (χ1n) is 11.4. The number of hydrogen-bond donors (Lipinski definition) is 0. The molecule has 1 spiro atoms. The van der Waals surface area contributed by atoms with Crippen molar-refractivity contribution >= 4 is 17.5 Å². The van der Waals surface area contributed by atoms with Gasteiger partial charge in [0.25, 0.3) is 5.91 Å². The Labute approximate surface area is 197 Å². The molecule has 0 saturated carbocycles. The van der Waals surface area contributed by atoms with Crippen LogP contribution < -0.4 is 9.64 Å². The van der Waals surface area contributed by atoms with Gasteiger partial charge in [-0.3, -0.25) is 9.78 Å². The number of aromatic nitrogens is 3. The normalized spacial score (nSPS) is 18.5. The zero-order valence-electron chi connectivity index (χ0n) is 18.9. The van der Waals surface area contributed by atoms with Crippen LogP contribution in [0.25, 0.3) is 11.3 Å². The van der Waals surface area contributed by atoms with Crippen molar-refractivity contribution in [2.75, 3.05) is 58.1 Å². The first-order valence-corrected chi connectivity index (χ1v) is 11.4. The SMILES string of the molecule is COc1ccnc(-c2cnc(N3CC4(COC4)c4ccc(C(=O)N5CCOCC5)cc43)nc2)c1. The third-order valence-corrected chi connectivity index (χ3v) is 6.77. The van der Waals surface area contributed by atoms with Gasteiger partial charge in [0, 0.05) is 61.1 Å². The Balaban J connectivity index is 1.33. The van der Waals surface area contributed by atoms with Gasteiger partial charge in [0.2, 0.25) is 5.95 Å². The average Bonchev–Trinajstić information content (AvgIpc) is 3.24. The van der Waals surface area contributed by atoms with Crippen LogP contribution in [0.1, 0.15) is 15.9 Å². The van der Waals surface area contributed by atoms with Gasteiger partial charge in [0.05, 0.1) is 44.6 Å². The highest BCUT2D eigenvalue weighted by Gasteiger charge is 2.49. The summed E-state index contributed by atoms with van der Waals surface area (Å²) in [5.41, 5.74) is 4.27. The lowest BCUT2D eigenvalue weighted by molar-refractivity contribution is -0.0507. The topological polar surface area (TPSA) is 89.9 Å². The van der Waals surface area contributed by atoms with Crippen LogP contribution in [0.2, 0.25) is 0 Å². The van der Waals surface area contributed by atoms with Gasteiger partial charge in [-0.15, -0.1) is 0 Å². The van der Waals surface area contributed by atoms with E-state index in [9.17, 15) is 4.79 Å². The molecule has 2 fully saturated rings. The van der Waals surface area contributed by atoms with Gasteiger partial charge in [-0.1, -0.05) is 6.07 Å². The second-order valence-electron chi connectivity index (χ2n) is 8.85. The Morgan fingerprint density at radius 1 is 1.03 bits per heavy atom. The molecule has 9 nitrogen and oxygen atoms in total. The zero-order chi connectivity index (χ0) is 23.1. The molecule has 2 saturated heterocycles. The number of pyridine rings is 1. The third-order valence-electron chi connectivity index (χ3n) is 6.77. The summed E-state index contributed by atoms with van der Waals surface area (Å²) < 4.78 is 16.3. The van der Waals surface area contributed by atoms with Crippen LogP contribution in [-0.4, -0.2) is 78.9 Å². The Bertz CT molecular complexity index is 1220. The fourth-order valence-electron chi connectivity index (χ4n) is 4.82. The predicted molar refractivity (Wildman–Crippen MR) is 124 cm³/mol. The molecule has 9 heteroatoms. The summed E-state index contributed by atoms with van der Waals surface area (Å²) in [5, 5.41) is 0. The van der Waals surface area contributed by atoms with Crippen molar-refractivity contribution in [1.82, 2.24) is 19.9 Å². The Kier molecular flexibility index (Phi) is 5.15. The van der Waals surface area contributed by atoms with E-state index in [1.165, 1.54) is 5.56 Å². The second kappa shape index (κ2) is 8.34. The van der Waals surface area contributed by atoms with E-state index in [1.54, 1.807) is 31.8 Å². The second-order valence-corrected chi connectivity index (χ2v) is 8.85. The van der Waals surface area contributed by atoms with Crippen molar-refractivity contribution in [2.45, 2.75) is 5.41 Å². The number of benzene rings is 1. The molecule has 0 aliphatic carbocycles. The summed E-state index contributed by atoms with van der Waals surface area (Å²) in [6, 6.07) is 9.63. The van der Waals surface area contributed by atoms with Crippen molar-refractivity contribution in [2.24, 2.45) is 0 Å². The van der Waals surface area contributed by atoms with Crippen LogP contribution in [-0.2, 0) is 14.9 Å². The summed E-state index contributed by atoms with van der Waals surface area (Å²) in [6.45, 7) is 4.39. The first kappa shape index (κ1) is 21.0. The Morgan fingerprint density at radius 2 is 1.82 bits per heavy atom. The fraction of sp³-hybridized carbons (Fsp3) is 0.360. The van der Waals surface area contributed by atoms with E-state index in [-0.39, 0.29) is 11.3 Å². The Morgan fingerprint density at radius 3 is 2.53 bits per heavy atom. The number of rotatable bonds is 4. The molecule has 6 rings (SSSR count). The molecule has 3 aliphatic heterocycles. The molecule has 1 aromatic carbocycles. The molecule has 0 radical (unpaired) electrons. The van der Waals surface area contributed by atoms with E-state index < -0.39 is 0 Å². The molecule has 2 aromatic heterocycles. The van der Waals surface area contributed by atoms with Gasteiger partial charge in [0.1, 0.15) is 5.75 Å². The van der Waals surface area contributed by atoms with Crippen molar-refractivity contribution in [3.05, 3.63) is 60.0 Å². The van der Waals surface area contributed by atoms with E-state index in [0.717, 1.165) is 22.7 Å². The summed E-state index contributed by atoms with van der Waals surface area (Å²) >= 11 is 0. The smallest absolute Gasteiger partial charge is 0.254 e. The number of morpholine rings is 1. The molecule has 3 aliphatic rings. The molecule has 1 amide bonds. The summed E-state index contributed by atoms with van der Waals surface area (Å²) in [7, 11) is 1.63. The highest BCUT2D eigenvalue weighted by molar-refractivity contribution is 5.96. The van der Waals surface area contributed by atoms with Crippen LogP contribution in [0.15, 0.2) is 48.9 Å². The van der Waals surface area contributed by atoms with Gasteiger partial charge in [-0.05, 0) is 23.8 Å². The highest BCUT2D eigenvalue weighted by Crippen LogP contribution is 2.48. The van der Waals surface area contributed by atoms with Crippen molar-refractivity contribution in [3.63, 3.8) is 0 Å². The molecule has 0 N–H and O–H groups in total. The summed E-state index contributed by atoms with van der Waals surface area (Å²) in [5.74, 6) is 1.34. The van der Waals surface area contributed by atoms with Crippen LogP contribution >= 0.6 is 0 Å². The maximum absolute atomic E-state index is 13.1. The number of hydrogen-bond acceptors (Lipinski definition) is 8. The monoisotopic (exact) mass is 459 g/mol. The van der Waals surface area contributed by atoms with Gasteiger partial charge in [-0.2, -0.15) is 0 Å². The summed E-state index contributed by atoms with van der Waals surface area (Å²) in [4.78, 5) is 30.8. The van der Waals surface area contributed by atoms with Crippen LogP contribution in [0.5, 0.6) is 5.75 Å². The largest absolute Gasteiger partial charge is 0.497 e. The van der Waals surface area contributed by atoms with Gasteiger partial charge < -0.3 is 24.0 Å². The maximum atomic E-state index is 13.1. The lowest BCUT2D eigenvalue weighted by Crippen LogP contribution is -2.49. The molecular weight excluding hydrogens is 434 g/mol. The number of anilines is 2. The minimum absolute atomic E-state index is 0.0252. The van der Waals surface area contributed by atoms with Crippen molar-refractivity contribution in [1.29, 1.82) is 0 Å². The lowest BCUT2D eigenvalue weighted by atomic mass is 9.80. The van der Waals surface area contributed by atoms with Crippen LogP contribution in [0.4, 0.5) is 11.6 Å². The molecule has 174 valence electrons. The fourth-order valence-corrected chi connectivity index (χ4v) is 4.82. The number of methoxy groups -OCH3 is 1. The molecule has 5 heterocycles. The number of nitrogens with zero attached hydrogens (tertiary/aromatic N) is 5. The van der Waals surface area contributed by atoms with Gasteiger partial charge in [-0.25, -0.2) is 9.97 Å². The number of carbonyl (C=O) groups is 1. The lowest BCUT2D eigenvalue weighted by Gasteiger charge is -2.38. The van der Waals surface area contributed by atoms with E-state index >= 15 is 0 Å². The van der Waals surface area contributed by atoms with Crippen LogP contribution in [0.3, 0.4) is 0 Å². The quantitative estimate of drug-likeness (QED) is 0.588. The van der Waals surface area contributed by atoms with E-state index in [0.29, 0.717) is 57.6 Å². The van der Waals surface area contributed by atoms with Gasteiger partial charge in [0.15, 0.2) is 0 Å². The van der Waals surface area contributed by atoms with E-state index in [4.69, 9.17) is 14.2 Å². The molecule has 34 heavy (non-hydrogen) atoms. The molecule has 0 unspecified atom stereocenters. The Hall–Kier alpha value is -3.56. The first-order chi connectivity index (χ1) is 16.7. The zero-order valence-corrected chi connectivity index (χ0v) is 18.9. The van der Waals surface area contributed by atoms with Gasteiger partial charge >= 0.3 is 0 Å². The van der Waals surface area contributed by atoms with Crippen LogP contribution in [0, 0.1) is 0 Å². The minimum atomic E-state index is -0.0910. The van der Waals surface area contributed by atoms with Crippen molar-refractivity contribution in [3.8, 4) is 17.0 Å². The maximum Gasteiger partial charge on any atom is 0.254 e. The standard InChI is InChI=1S/C25H25N5O4/c1-32-19-4-5-26-21(11-19)18-12-27-24(28-13-18)30-14-25(15-34-16-25)20-3-2-17(10-22(20)30)23(31)29-6-8-33-9-7-29/h2-5,10-13H,6-9,14-16H2,1H3. The molecule has 3 aromatic rings.